The predicted octanol–water partition coefficient (Wildman–Crippen LogP) is 3.47. The average molecular weight is 358 g/mol. The minimum atomic E-state index is -0.302. The molecule has 25 heavy (non-hydrogen) atoms. The number of aryl methyl sites for hydroxylation is 1. The standard InChI is InChI=1S/C19H20ClN3O2/c1-21-15-11-23(14-5-3-4-6-14)17(12-7-9-13(20)10-8-12)16(15)18(24)22(2)19(21)25/h7-11,14H,3-6H2,1-2H3. The van der Waals surface area contributed by atoms with Gasteiger partial charge in [-0.3, -0.25) is 13.9 Å². The summed E-state index contributed by atoms with van der Waals surface area (Å²) >= 11 is 6.04. The third kappa shape index (κ3) is 2.45. The molecule has 0 saturated heterocycles. The van der Waals surface area contributed by atoms with E-state index in [9.17, 15) is 9.59 Å². The molecule has 5 nitrogen and oxygen atoms in total. The fourth-order valence-electron chi connectivity index (χ4n) is 3.93. The highest BCUT2D eigenvalue weighted by atomic mass is 35.5. The summed E-state index contributed by atoms with van der Waals surface area (Å²) in [6.07, 6.45) is 6.54. The van der Waals surface area contributed by atoms with Gasteiger partial charge in [0.25, 0.3) is 5.56 Å². The third-order valence-corrected chi connectivity index (χ3v) is 5.55. The van der Waals surface area contributed by atoms with E-state index in [0.29, 0.717) is 22.0 Å². The lowest BCUT2D eigenvalue weighted by molar-refractivity contribution is 0.527. The molecule has 0 spiro atoms. The lowest BCUT2D eigenvalue weighted by atomic mass is 10.1. The molecule has 2 aromatic heterocycles. The molecule has 1 aromatic carbocycles. The van der Waals surface area contributed by atoms with Crippen LogP contribution < -0.4 is 11.2 Å². The van der Waals surface area contributed by atoms with E-state index in [1.54, 1.807) is 11.6 Å². The first-order chi connectivity index (χ1) is 12.0. The van der Waals surface area contributed by atoms with Crippen molar-refractivity contribution < 1.29 is 0 Å². The highest BCUT2D eigenvalue weighted by molar-refractivity contribution is 6.30. The summed E-state index contributed by atoms with van der Waals surface area (Å²) in [5.74, 6) is 0. The van der Waals surface area contributed by atoms with Crippen molar-refractivity contribution in [1.82, 2.24) is 13.7 Å². The quantitative estimate of drug-likeness (QED) is 0.705. The number of rotatable bonds is 2. The Labute approximate surface area is 150 Å². The summed E-state index contributed by atoms with van der Waals surface area (Å²) < 4.78 is 4.93. The second kappa shape index (κ2) is 5.92. The van der Waals surface area contributed by atoms with Crippen LogP contribution in [0.3, 0.4) is 0 Å². The first-order valence-corrected chi connectivity index (χ1v) is 8.93. The Bertz CT molecular complexity index is 1070. The largest absolute Gasteiger partial charge is 0.342 e. The topological polar surface area (TPSA) is 48.9 Å². The van der Waals surface area contributed by atoms with E-state index >= 15 is 0 Å². The number of benzene rings is 1. The van der Waals surface area contributed by atoms with Crippen molar-refractivity contribution in [3.8, 4) is 11.3 Å². The van der Waals surface area contributed by atoms with E-state index in [1.165, 1.54) is 24.5 Å². The van der Waals surface area contributed by atoms with Crippen molar-refractivity contribution in [3.63, 3.8) is 0 Å². The highest BCUT2D eigenvalue weighted by Gasteiger charge is 2.25. The predicted molar refractivity (Wildman–Crippen MR) is 100 cm³/mol. The van der Waals surface area contributed by atoms with Crippen molar-refractivity contribution in [2.24, 2.45) is 14.1 Å². The molecule has 3 aromatic rings. The monoisotopic (exact) mass is 357 g/mol. The van der Waals surface area contributed by atoms with Gasteiger partial charge in [0, 0.05) is 31.4 Å². The Morgan fingerprint density at radius 1 is 1.00 bits per heavy atom. The van der Waals surface area contributed by atoms with E-state index in [1.807, 2.05) is 30.5 Å². The zero-order valence-electron chi connectivity index (χ0n) is 14.3. The van der Waals surface area contributed by atoms with E-state index in [2.05, 4.69) is 4.57 Å². The molecular weight excluding hydrogens is 338 g/mol. The van der Waals surface area contributed by atoms with Crippen LogP contribution in [0.25, 0.3) is 22.2 Å². The van der Waals surface area contributed by atoms with Crippen molar-refractivity contribution in [1.29, 1.82) is 0 Å². The molecule has 0 N–H and O–H groups in total. The van der Waals surface area contributed by atoms with Gasteiger partial charge < -0.3 is 4.57 Å². The summed E-state index contributed by atoms with van der Waals surface area (Å²) in [5.41, 5.74) is 1.96. The van der Waals surface area contributed by atoms with Gasteiger partial charge >= 0.3 is 5.69 Å². The Hall–Kier alpha value is -2.27. The SMILES string of the molecule is Cn1c(=O)c2c(-c3ccc(Cl)cc3)n(C3CCCC3)cc2n(C)c1=O. The number of hydrogen-bond acceptors (Lipinski definition) is 2. The van der Waals surface area contributed by atoms with E-state index < -0.39 is 0 Å². The van der Waals surface area contributed by atoms with Crippen LogP contribution in [0.5, 0.6) is 0 Å². The Morgan fingerprint density at radius 3 is 2.28 bits per heavy atom. The minimum Gasteiger partial charge on any atom is -0.342 e. The molecule has 6 heteroatoms. The average Bonchev–Trinajstić information content (AvgIpc) is 3.26. The van der Waals surface area contributed by atoms with Gasteiger partial charge in [-0.25, -0.2) is 4.79 Å². The van der Waals surface area contributed by atoms with Crippen molar-refractivity contribution in [2.75, 3.05) is 0 Å². The van der Waals surface area contributed by atoms with Gasteiger partial charge in [0.05, 0.1) is 16.6 Å². The van der Waals surface area contributed by atoms with Crippen molar-refractivity contribution in [3.05, 3.63) is 56.3 Å². The molecule has 0 radical (unpaired) electrons. The lowest BCUT2D eigenvalue weighted by Gasteiger charge is -2.16. The van der Waals surface area contributed by atoms with Crippen LogP contribution in [-0.4, -0.2) is 13.7 Å². The highest BCUT2D eigenvalue weighted by Crippen LogP contribution is 2.37. The molecule has 0 amide bonds. The maximum atomic E-state index is 12.9. The first-order valence-electron chi connectivity index (χ1n) is 8.55. The van der Waals surface area contributed by atoms with Gasteiger partial charge in [-0.1, -0.05) is 36.6 Å². The Morgan fingerprint density at radius 2 is 1.64 bits per heavy atom. The second-order valence-electron chi connectivity index (χ2n) is 6.80. The molecule has 1 fully saturated rings. The summed E-state index contributed by atoms with van der Waals surface area (Å²) in [6, 6.07) is 7.90. The van der Waals surface area contributed by atoms with Crippen LogP contribution in [0.15, 0.2) is 40.1 Å². The summed E-state index contributed by atoms with van der Waals surface area (Å²) in [4.78, 5) is 25.2. The van der Waals surface area contributed by atoms with E-state index in [4.69, 9.17) is 11.6 Å². The van der Waals surface area contributed by atoms with Crippen LogP contribution in [0.1, 0.15) is 31.7 Å². The van der Waals surface area contributed by atoms with Gasteiger partial charge in [-0.2, -0.15) is 0 Å². The molecule has 4 rings (SSSR count). The number of aromatic nitrogens is 3. The fourth-order valence-corrected chi connectivity index (χ4v) is 4.06. The smallest absolute Gasteiger partial charge is 0.330 e. The molecule has 2 heterocycles. The van der Waals surface area contributed by atoms with E-state index in [0.717, 1.165) is 24.1 Å². The van der Waals surface area contributed by atoms with Crippen LogP contribution in [-0.2, 0) is 14.1 Å². The molecule has 0 aliphatic heterocycles. The van der Waals surface area contributed by atoms with Gasteiger partial charge in [0.15, 0.2) is 0 Å². The fraction of sp³-hybridized carbons (Fsp3) is 0.368. The third-order valence-electron chi connectivity index (χ3n) is 5.30. The lowest BCUT2D eigenvalue weighted by Crippen LogP contribution is -2.36. The van der Waals surface area contributed by atoms with Crippen LogP contribution in [0, 0.1) is 0 Å². The van der Waals surface area contributed by atoms with Gasteiger partial charge in [0.2, 0.25) is 0 Å². The Kier molecular flexibility index (Phi) is 3.84. The zero-order valence-corrected chi connectivity index (χ0v) is 15.1. The molecule has 1 aliphatic rings. The van der Waals surface area contributed by atoms with Gasteiger partial charge in [0.1, 0.15) is 0 Å². The maximum Gasteiger partial charge on any atom is 0.330 e. The van der Waals surface area contributed by atoms with E-state index in [-0.39, 0.29) is 11.2 Å². The van der Waals surface area contributed by atoms with Crippen molar-refractivity contribution in [2.45, 2.75) is 31.7 Å². The van der Waals surface area contributed by atoms with Gasteiger partial charge in [-0.15, -0.1) is 0 Å². The van der Waals surface area contributed by atoms with Crippen LogP contribution in [0.4, 0.5) is 0 Å². The molecule has 0 atom stereocenters. The number of hydrogen-bond donors (Lipinski definition) is 0. The van der Waals surface area contributed by atoms with Crippen LogP contribution >= 0.6 is 11.6 Å². The molecule has 0 unspecified atom stereocenters. The summed E-state index contributed by atoms with van der Waals surface area (Å²) in [7, 11) is 3.25. The molecule has 1 aliphatic carbocycles. The first kappa shape index (κ1) is 16.2. The summed E-state index contributed by atoms with van der Waals surface area (Å²) in [5, 5.41) is 1.26. The summed E-state index contributed by atoms with van der Waals surface area (Å²) in [6.45, 7) is 0. The number of halogens is 1. The minimum absolute atomic E-state index is 0.250. The second-order valence-corrected chi connectivity index (χ2v) is 7.23. The zero-order chi connectivity index (χ0) is 17.7. The number of nitrogens with zero attached hydrogens (tertiary/aromatic N) is 3. The molecule has 1 saturated carbocycles. The van der Waals surface area contributed by atoms with Gasteiger partial charge in [-0.05, 0) is 30.5 Å². The molecule has 0 bridgehead atoms. The van der Waals surface area contributed by atoms with Crippen LogP contribution in [0.2, 0.25) is 5.02 Å². The normalized spacial score (nSPS) is 15.3. The number of fused-ring (bicyclic) bond motifs is 1. The maximum absolute atomic E-state index is 12.9. The molecule has 130 valence electrons. The van der Waals surface area contributed by atoms with Crippen molar-refractivity contribution >= 4 is 22.5 Å². The Balaban J connectivity index is 2.13. The molecular formula is C19H20ClN3O2.